The van der Waals surface area contributed by atoms with Crippen LogP contribution in [0.4, 0.5) is 5.69 Å². The van der Waals surface area contributed by atoms with Crippen LogP contribution < -0.4 is 5.73 Å². The maximum Gasteiger partial charge on any atom is 0.0538 e. The molecule has 2 aromatic carbocycles. The van der Waals surface area contributed by atoms with Gasteiger partial charge in [0.15, 0.2) is 0 Å². The summed E-state index contributed by atoms with van der Waals surface area (Å²) >= 11 is 6.90. The van der Waals surface area contributed by atoms with Crippen molar-refractivity contribution >= 4 is 37.5 Å². The lowest BCUT2D eigenvalue weighted by Crippen LogP contribution is -1.91. The van der Waals surface area contributed by atoms with Crippen LogP contribution in [0.2, 0.25) is 0 Å². The minimum absolute atomic E-state index is 0.768. The van der Waals surface area contributed by atoms with Crippen LogP contribution in [0.5, 0.6) is 0 Å². The highest BCUT2D eigenvalue weighted by molar-refractivity contribution is 9.11. The fourth-order valence-corrected chi connectivity index (χ4v) is 2.67. The Balaban J connectivity index is 2.63. The predicted octanol–water partition coefficient (Wildman–Crippen LogP) is 4.46. The van der Waals surface area contributed by atoms with Gasteiger partial charge in [0.2, 0.25) is 0 Å². The number of anilines is 1. The Labute approximate surface area is 106 Å². The summed E-state index contributed by atoms with van der Waals surface area (Å²) in [7, 11) is 0. The molecule has 0 saturated carbocycles. The third kappa shape index (κ3) is 2.24. The maximum atomic E-state index is 6.02. The Morgan fingerprint density at radius 1 is 0.933 bits per heavy atom. The van der Waals surface area contributed by atoms with Crippen LogP contribution in [0, 0.1) is 0 Å². The highest BCUT2D eigenvalue weighted by atomic mass is 79.9. The molecule has 0 spiro atoms. The molecule has 0 radical (unpaired) electrons. The van der Waals surface area contributed by atoms with Gasteiger partial charge in [-0.05, 0) is 33.6 Å². The Morgan fingerprint density at radius 2 is 1.60 bits per heavy atom. The molecule has 0 heterocycles. The minimum Gasteiger partial charge on any atom is -0.397 e. The highest BCUT2D eigenvalue weighted by Gasteiger charge is 2.06. The van der Waals surface area contributed by atoms with Crippen LogP contribution in [-0.4, -0.2) is 0 Å². The summed E-state index contributed by atoms with van der Waals surface area (Å²) in [5, 5.41) is 0. The molecular weight excluding hydrogens is 318 g/mol. The summed E-state index contributed by atoms with van der Waals surface area (Å²) in [6.07, 6.45) is 0. The molecule has 0 saturated heterocycles. The van der Waals surface area contributed by atoms with Gasteiger partial charge in [0, 0.05) is 14.5 Å². The molecule has 0 atom stereocenters. The summed E-state index contributed by atoms with van der Waals surface area (Å²) in [5.74, 6) is 0. The Morgan fingerprint density at radius 3 is 2.27 bits per heavy atom. The van der Waals surface area contributed by atoms with Gasteiger partial charge in [-0.25, -0.2) is 0 Å². The molecular formula is C12H9Br2N. The molecule has 76 valence electrons. The van der Waals surface area contributed by atoms with E-state index >= 15 is 0 Å². The van der Waals surface area contributed by atoms with E-state index in [2.05, 4.69) is 31.9 Å². The van der Waals surface area contributed by atoms with Gasteiger partial charge in [0.1, 0.15) is 0 Å². The molecule has 0 aliphatic rings. The van der Waals surface area contributed by atoms with E-state index < -0.39 is 0 Å². The summed E-state index contributed by atoms with van der Waals surface area (Å²) in [6.45, 7) is 0. The second-order valence-corrected chi connectivity index (χ2v) is 4.98. The summed E-state index contributed by atoms with van der Waals surface area (Å²) in [5.41, 5.74) is 8.94. The molecule has 2 aromatic rings. The van der Waals surface area contributed by atoms with Crippen molar-refractivity contribution in [1.29, 1.82) is 0 Å². The van der Waals surface area contributed by atoms with Gasteiger partial charge in [-0.15, -0.1) is 0 Å². The molecule has 0 fully saturated rings. The average molecular weight is 327 g/mol. The topological polar surface area (TPSA) is 26.0 Å². The van der Waals surface area contributed by atoms with Crippen molar-refractivity contribution in [3.05, 3.63) is 51.4 Å². The van der Waals surface area contributed by atoms with Gasteiger partial charge >= 0.3 is 0 Å². The normalized spacial score (nSPS) is 10.3. The van der Waals surface area contributed by atoms with Gasteiger partial charge in [-0.1, -0.05) is 46.3 Å². The highest BCUT2D eigenvalue weighted by Crippen LogP contribution is 2.34. The Kier molecular flexibility index (Phi) is 3.12. The van der Waals surface area contributed by atoms with Crippen molar-refractivity contribution in [2.45, 2.75) is 0 Å². The zero-order chi connectivity index (χ0) is 10.8. The molecule has 0 aliphatic carbocycles. The van der Waals surface area contributed by atoms with Gasteiger partial charge < -0.3 is 5.73 Å². The van der Waals surface area contributed by atoms with Crippen molar-refractivity contribution in [3.8, 4) is 11.1 Å². The second-order valence-electron chi connectivity index (χ2n) is 3.21. The van der Waals surface area contributed by atoms with Crippen molar-refractivity contribution < 1.29 is 0 Å². The SMILES string of the molecule is Nc1c(Br)cc(Br)cc1-c1ccccc1. The fraction of sp³-hybridized carbons (Fsp3) is 0. The standard InChI is InChI=1S/C12H9Br2N/c13-9-6-10(12(15)11(14)7-9)8-4-2-1-3-5-8/h1-7H,15H2. The monoisotopic (exact) mass is 325 g/mol. The van der Waals surface area contributed by atoms with E-state index in [0.717, 1.165) is 25.8 Å². The fourth-order valence-electron chi connectivity index (χ4n) is 1.44. The van der Waals surface area contributed by atoms with Crippen molar-refractivity contribution in [3.63, 3.8) is 0 Å². The zero-order valence-corrected chi connectivity index (χ0v) is 11.0. The van der Waals surface area contributed by atoms with Crippen LogP contribution in [0.15, 0.2) is 51.4 Å². The molecule has 0 amide bonds. The molecule has 2 rings (SSSR count). The third-order valence-corrected chi connectivity index (χ3v) is 3.29. The van der Waals surface area contributed by atoms with Crippen LogP contribution >= 0.6 is 31.9 Å². The van der Waals surface area contributed by atoms with E-state index in [-0.39, 0.29) is 0 Å². The van der Waals surface area contributed by atoms with Crippen LogP contribution in [0.3, 0.4) is 0 Å². The van der Waals surface area contributed by atoms with E-state index in [4.69, 9.17) is 5.73 Å². The Hall–Kier alpha value is -0.800. The first-order valence-corrected chi connectivity index (χ1v) is 6.07. The van der Waals surface area contributed by atoms with Gasteiger partial charge in [-0.2, -0.15) is 0 Å². The molecule has 0 unspecified atom stereocenters. The Bertz CT molecular complexity index is 480. The van der Waals surface area contributed by atoms with Gasteiger partial charge in [-0.3, -0.25) is 0 Å². The van der Waals surface area contributed by atoms with E-state index in [1.54, 1.807) is 0 Å². The molecule has 0 aromatic heterocycles. The van der Waals surface area contributed by atoms with E-state index in [1.165, 1.54) is 0 Å². The number of rotatable bonds is 1. The van der Waals surface area contributed by atoms with Crippen molar-refractivity contribution in [2.75, 3.05) is 5.73 Å². The van der Waals surface area contributed by atoms with E-state index in [0.29, 0.717) is 0 Å². The predicted molar refractivity (Wildman–Crippen MR) is 71.7 cm³/mol. The van der Waals surface area contributed by atoms with Crippen LogP contribution in [0.1, 0.15) is 0 Å². The average Bonchev–Trinajstić information content (AvgIpc) is 2.24. The number of nitrogen functional groups attached to an aromatic ring is 1. The van der Waals surface area contributed by atoms with Crippen LogP contribution in [-0.2, 0) is 0 Å². The lowest BCUT2D eigenvalue weighted by Gasteiger charge is -2.08. The molecule has 0 bridgehead atoms. The van der Waals surface area contributed by atoms with Gasteiger partial charge in [0.05, 0.1) is 5.69 Å². The maximum absolute atomic E-state index is 6.02. The first-order valence-electron chi connectivity index (χ1n) is 4.48. The lowest BCUT2D eigenvalue weighted by molar-refractivity contribution is 1.55. The van der Waals surface area contributed by atoms with Crippen LogP contribution in [0.25, 0.3) is 11.1 Å². The molecule has 2 N–H and O–H groups in total. The van der Waals surface area contributed by atoms with E-state index in [1.807, 2.05) is 42.5 Å². The number of halogens is 2. The van der Waals surface area contributed by atoms with Gasteiger partial charge in [0.25, 0.3) is 0 Å². The second kappa shape index (κ2) is 4.37. The molecule has 1 nitrogen and oxygen atoms in total. The van der Waals surface area contributed by atoms with E-state index in [9.17, 15) is 0 Å². The zero-order valence-electron chi connectivity index (χ0n) is 7.87. The molecule has 0 aliphatic heterocycles. The third-order valence-electron chi connectivity index (χ3n) is 2.18. The summed E-state index contributed by atoms with van der Waals surface area (Å²) in [4.78, 5) is 0. The minimum atomic E-state index is 0.768. The van der Waals surface area contributed by atoms with Crippen molar-refractivity contribution in [2.24, 2.45) is 0 Å². The first-order chi connectivity index (χ1) is 7.18. The number of hydrogen-bond acceptors (Lipinski definition) is 1. The largest absolute Gasteiger partial charge is 0.397 e. The summed E-state index contributed by atoms with van der Waals surface area (Å²) < 4.78 is 1.93. The number of benzene rings is 2. The molecule has 3 heteroatoms. The van der Waals surface area contributed by atoms with Crippen molar-refractivity contribution in [1.82, 2.24) is 0 Å². The lowest BCUT2D eigenvalue weighted by atomic mass is 10.0. The smallest absolute Gasteiger partial charge is 0.0538 e. The number of nitrogens with two attached hydrogens (primary N) is 1. The molecule has 15 heavy (non-hydrogen) atoms. The quantitative estimate of drug-likeness (QED) is 0.769. The number of hydrogen-bond donors (Lipinski definition) is 1. The summed E-state index contributed by atoms with van der Waals surface area (Å²) in [6, 6.07) is 14.1. The first kappa shape index (κ1) is 10.7.